The first-order valence-corrected chi connectivity index (χ1v) is 8.58. The van der Waals surface area contributed by atoms with Crippen LogP contribution in [0.2, 0.25) is 0 Å². The summed E-state index contributed by atoms with van der Waals surface area (Å²) >= 11 is 0. The van der Waals surface area contributed by atoms with Gasteiger partial charge in [0.1, 0.15) is 23.6 Å². The molecule has 2 aliphatic rings. The van der Waals surface area contributed by atoms with E-state index >= 15 is 0 Å². The van der Waals surface area contributed by atoms with Crippen molar-refractivity contribution < 1.29 is 9.53 Å². The number of likely N-dealkylation sites (N-methyl/N-ethyl adjacent to an activating group) is 1. The van der Waals surface area contributed by atoms with Crippen molar-refractivity contribution in [1.82, 2.24) is 14.9 Å². The molecule has 0 bridgehead atoms. The molecule has 1 aromatic heterocycles. The van der Waals surface area contributed by atoms with Crippen molar-refractivity contribution in [2.45, 2.75) is 45.3 Å². The van der Waals surface area contributed by atoms with Crippen molar-refractivity contribution >= 4 is 17.7 Å². The summed E-state index contributed by atoms with van der Waals surface area (Å²) in [6.07, 6.45) is 3.95. The van der Waals surface area contributed by atoms with E-state index in [4.69, 9.17) is 4.74 Å². The fraction of sp³-hybridized carbons (Fsp3) is 0.706. The Morgan fingerprint density at radius 1 is 1.38 bits per heavy atom. The van der Waals surface area contributed by atoms with Gasteiger partial charge in [-0.05, 0) is 39.5 Å². The highest BCUT2D eigenvalue weighted by molar-refractivity contribution is 5.69. The van der Waals surface area contributed by atoms with Crippen LogP contribution in [0.3, 0.4) is 0 Å². The average molecular weight is 333 g/mol. The summed E-state index contributed by atoms with van der Waals surface area (Å²) in [6.45, 7) is 8.14. The summed E-state index contributed by atoms with van der Waals surface area (Å²) in [4.78, 5) is 24.5. The Balaban J connectivity index is 1.50. The highest BCUT2D eigenvalue weighted by Crippen LogP contribution is 2.29. The molecule has 24 heavy (non-hydrogen) atoms. The molecule has 1 N–H and O–H groups in total. The third-order valence-electron chi connectivity index (χ3n) is 4.34. The van der Waals surface area contributed by atoms with Crippen LogP contribution in [0, 0.1) is 5.92 Å². The monoisotopic (exact) mass is 333 g/mol. The zero-order valence-electron chi connectivity index (χ0n) is 15.0. The van der Waals surface area contributed by atoms with Crippen molar-refractivity contribution in [3.63, 3.8) is 0 Å². The molecule has 2 fully saturated rings. The normalized spacial score (nSPS) is 18.1. The van der Waals surface area contributed by atoms with Crippen LogP contribution in [0.4, 0.5) is 16.4 Å². The van der Waals surface area contributed by atoms with E-state index in [1.165, 1.54) is 12.8 Å². The fourth-order valence-corrected chi connectivity index (χ4v) is 2.56. The molecule has 132 valence electrons. The van der Waals surface area contributed by atoms with Crippen molar-refractivity contribution in [2.24, 2.45) is 5.92 Å². The predicted octanol–water partition coefficient (Wildman–Crippen LogP) is 2.35. The van der Waals surface area contributed by atoms with E-state index < -0.39 is 5.60 Å². The molecule has 0 spiro atoms. The number of rotatable bonds is 5. The summed E-state index contributed by atoms with van der Waals surface area (Å²) in [6, 6.07) is 2.13. The Hall–Kier alpha value is -2.05. The quantitative estimate of drug-likeness (QED) is 0.892. The van der Waals surface area contributed by atoms with E-state index in [0.717, 1.165) is 37.2 Å². The number of nitrogens with one attached hydrogen (secondary N) is 1. The minimum absolute atomic E-state index is 0.151. The standard InChI is InChI=1S/C17H27N5O2/c1-17(2,3)24-16(23)21(4)13-9-22(10-13)15-7-14(19-11-20-15)18-8-12-5-6-12/h7,11-13H,5-6,8-10H2,1-4H3,(H,18,19,20). The van der Waals surface area contributed by atoms with E-state index in [9.17, 15) is 4.79 Å². The van der Waals surface area contributed by atoms with Gasteiger partial charge in [0.2, 0.25) is 0 Å². The van der Waals surface area contributed by atoms with Gasteiger partial charge >= 0.3 is 6.09 Å². The summed E-state index contributed by atoms with van der Waals surface area (Å²) in [5, 5.41) is 3.37. The number of carbonyl (C=O) groups excluding carboxylic acids is 1. The molecule has 7 nitrogen and oxygen atoms in total. The molecule has 3 rings (SSSR count). The zero-order chi connectivity index (χ0) is 17.3. The van der Waals surface area contributed by atoms with E-state index in [1.54, 1.807) is 18.3 Å². The number of aromatic nitrogens is 2. The number of hydrogen-bond donors (Lipinski definition) is 1. The van der Waals surface area contributed by atoms with Gasteiger partial charge in [-0.2, -0.15) is 0 Å². The largest absolute Gasteiger partial charge is 0.444 e. The van der Waals surface area contributed by atoms with E-state index in [-0.39, 0.29) is 12.1 Å². The predicted molar refractivity (Wildman–Crippen MR) is 93.2 cm³/mol. The third-order valence-corrected chi connectivity index (χ3v) is 4.34. The molecule has 7 heteroatoms. The maximum atomic E-state index is 12.1. The molecule has 0 atom stereocenters. The number of ether oxygens (including phenoxy) is 1. The van der Waals surface area contributed by atoms with Crippen LogP contribution in [0.1, 0.15) is 33.6 Å². The molecule has 1 saturated carbocycles. The maximum Gasteiger partial charge on any atom is 0.410 e. The lowest BCUT2D eigenvalue weighted by Gasteiger charge is -2.44. The second-order valence-corrected chi connectivity index (χ2v) is 7.74. The fourth-order valence-electron chi connectivity index (χ4n) is 2.56. The van der Waals surface area contributed by atoms with Crippen LogP contribution in [0.15, 0.2) is 12.4 Å². The SMILES string of the molecule is CN(C(=O)OC(C)(C)C)C1CN(c2cc(NCC3CC3)ncn2)C1. The van der Waals surface area contributed by atoms with Crippen molar-refractivity contribution in [3.8, 4) is 0 Å². The maximum absolute atomic E-state index is 12.1. The highest BCUT2D eigenvalue weighted by atomic mass is 16.6. The van der Waals surface area contributed by atoms with Gasteiger partial charge in [0.05, 0.1) is 6.04 Å². The number of amides is 1. The van der Waals surface area contributed by atoms with Gasteiger partial charge in [-0.1, -0.05) is 0 Å². The second kappa shape index (κ2) is 6.45. The summed E-state index contributed by atoms with van der Waals surface area (Å²) in [5.74, 6) is 2.58. The van der Waals surface area contributed by atoms with Crippen LogP contribution >= 0.6 is 0 Å². The third kappa shape index (κ3) is 4.27. The Kier molecular flexibility index (Phi) is 4.51. The van der Waals surface area contributed by atoms with Gasteiger partial charge in [-0.25, -0.2) is 14.8 Å². The van der Waals surface area contributed by atoms with Crippen LogP contribution in [-0.2, 0) is 4.74 Å². The molecular formula is C17H27N5O2. The van der Waals surface area contributed by atoms with Crippen LogP contribution in [0.25, 0.3) is 0 Å². The Bertz CT molecular complexity index is 591. The van der Waals surface area contributed by atoms with Gasteiger partial charge in [0.15, 0.2) is 0 Å². The molecule has 1 aliphatic carbocycles. The summed E-state index contributed by atoms with van der Waals surface area (Å²) in [7, 11) is 1.79. The molecular weight excluding hydrogens is 306 g/mol. The first kappa shape index (κ1) is 16.8. The molecule has 1 amide bonds. The lowest BCUT2D eigenvalue weighted by molar-refractivity contribution is 0.0196. The zero-order valence-corrected chi connectivity index (χ0v) is 15.0. The molecule has 1 aliphatic heterocycles. The Labute approximate surface area is 143 Å². The number of carbonyl (C=O) groups is 1. The smallest absolute Gasteiger partial charge is 0.410 e. The lowest BCUT2D eigenvalue weighted by Crippen LogP contribution is -2.60. The van der Waals surface area contributed by atoms with Crippen LogP contribution in [-0.4, -0.2) is 59.3 Å². The molecule has 1 aromatic rings. The topological polar surface area (TPSA) is 70.6 Å². The van der Waals surface area contributed by atoms with Crippen LogP contribution in [0.5, 0.6) is 0 Å². The number of anilines is 2. The minimum Gasteiger partial charge on any atom is -0.444 e. The van der Waals surface area contributed by atoms with Crippen LogP contribution < -0.4 is 10.2 Å². The van der Waals surface area contributed by atoms with Gasteiger partial charge < -0.3 is 19.9 Å². The summed E-state index contributed by atoms with van der Waals surface area (Å²) in [5.41, 5.74) is -0.469. The highest BCUT2D eigenvalue weighted by Gasteiger charge is 2.35. The minimum atomic E-state index is -0.469. The van der Waals surface area contributed by atoms with Crippen molar-refractivity contribution in [3.05, 3.63) is 12.4 Å². The van der Waals surface area contributed by atoms with Gasteiger partial charge in [0.25, 0.3) is 0 Å². The van der Waals surface area contributed by atoms with Gasteiger partial charge in [0, 0.05) is 32.7 Å². The second-order valence-electron chi connectivity index (χ2n) is 7.74. The van der Waals surface area contributed by atoms with Crippen molar-refractivity contribution in [2.75, 3.05) is 36.9 Å². The van der Waals surface area contributed by atoms with Crippen molar-refractivity contribution in [1.29, 1.82) is 0 Å². The molecule has 2 heterocycles. The van der Waals surface area contributed by atoms with E-state index in [0.29, 0.717) is 0 Å². The van der Waals surface area contributed by atoms with Gasteiger partial charge in [-0.3, -0.25) is 0 Å². The molecule has 0 radical (unpaired) electrons. The average Bonchev–Trinajstić information content (AvgIpc) is 3.26. The van der Waals surface area contributed by atoms with Gasteiger partial charge in [-0.15, -0.1) is 0 Å². The Morgan fingerprint density at radius 2 is 2.08 bits per heavy atom. The first-order valence-electron chi connectivity index (χ1n) is 8.58. The lowest BCUT2D eigenvalue weighted by atomic mass is 10.1. The molecule has 0 unspecified atom stereocenters. The molecule has 0 aromatic carbocycles. The summed E-state index contributed by atoms with van der Waals surface area (Å²) < 4.78 is 5.41. The Morgan fingerprint density at radius 3 is 2.71 bits per heavy atom. The first-order chi connectivity index (χ1) is 11.3. The number of hydrogen-bond acceptors (Lipinski definition) is 6. The van der Waals surface area contributed by atoms with E-state index in [2.05, 4.69) is 20.2 Å². The van der Waals surface area contributed by atoms with E-state index in [1.807, 2.05) is 26.8 Å². The number of nitrogens with zero attached hydrogens (tertiary/aromatic N) is 4. The molecule has 1 saturated heterocycles.